The topological polar surface area (TPSA) is 56.2 Å². The Balaban J connectivity index is 1.54. The van der Waals surface area contributed by atoms with E-state index < -0.39 is 0 Å². The molecular weight excluding hydrogens is 382 g/mol. The smallest absolute Gasteiger partial charge is 0.259 e. The quantitative estimate of drug-likeness (QED) is 0.627. The van der Waals surface area contributed by atoms with Gasteiger partial charge in [-0.25, -0.2) is 4.98 Å². The van der Waals surface area contributed by atoms with Crippen molar-refractivity contribution < 1.29 is 9.53 Å². The molecule has 1 aliphatic rings. The molecule has 140 valence electrons. The SMILES string of the molecule is Cn1c(NC(=O)c2ccccc2SCC2CCCO2)nc2cc(Cl)ccc21. The minimum Gasteiger partial charge on any atom is -0.377 e. The summed E-state index contributed by atoms with van der Waals surface area (Å²) in [6.07, 6.45) is 2.48. The number of carbonyl (C=O) groups is 1. The van der Waals surface area contributed by atoms with Gasteiger partial charge in [0.25, 0.3) is 5.91 Å². The van der Waals surface area contributed by atoms with Crippen molar-refractivity contribution in [2.24, 2.45) is 7.05 Å². The predicted octanol–water partition coefficient (Wildman–Crippen LogP) is 4.75. The van der Waals surface area contributed by atoms with Crippen LogP contribution in [-0.2, 0) is 11.8 Å². The molecule has 3 aromatic rings. The van der Waals surface area contributed by atoms with Gasteiger partial charge in [-0.2, -0.15) is 0 Å². The fraction of sp³-hybridized carbons (Fsp3) is 0.300. The molecule has 1 aromatic heterocycles. The van der Waals surface area contributed by atoms with Crippen LogP contribution in [0.4, 0.5) is 5.95 Å². The first-order chi connectivity index (χ1) is 13.1. The van der Waals surface area contributed by atoms with Gasteiger partial charge >= 0.3 is 0 Å². The summed E-state index contributed by atoms with van der Waals surface area (Å²) in [6.45, 7) is 0.837. The van der Waals surface area contributed by atoms with Crippen molar-refractivity contribution in [1.29, 1.82) is 0 Å². The second-order valence-corrected chi connectivity index (χ2v) is 8.02. The molecule has 5 nitrogen and oxygen atoms in total. The number of hydrogen-bond donors (Lipinski definition) is 1. The number of nitrogens with one attached hydrogen (secondary N) is 1. The predicted molar refractivity (Wildman–Crippen MR) is 110 cm³/mol. The number of fused-ring (bicyclic) bond motifs is 1. The number of anilines is 1. The Morgan fingerprint density at radius 2 is 2.22 bits per heavy atom. The molecule has 1 aliphatic heterocycles. The molecule has 27 heavy (non-hydrogen) atoms. The second kappa shape index (κ2) is 7.92. The molecule has 0 saturated carbocycles. The Morgan fingerprint density at radius 3 is 3.04 bits per heavy atom. The summed E-state index contributed by atoms with van der Waals surface area (Å²) in [7, 11) is 1.87. The van der Waals surface area contributed by atoms with Crippen molar-refractivity contribution in [3.63, 3.8) is 0 Å². The van der Waals surface area contributed by atoms with Gasteiger partial charge in [0.05, 0.1) is 22.7 Å². The van der Waals surface area contributed by atoms with Crippen LogP contribution in [0, 0.1) is 0 Å². The molecule has 1 saturated heterocycles. The van der Waals surface area contributed by atoms with E-state index in [-0.39, 0.29) is 12.0 Å². The number of aryl methyl sites for hydroxylation is 1. The lowest BCUT2D eigenvalue weighted by Gasteiger charge is -2.12. The molecule has 0 aliphatic carbocycles. The number of nitrogens with zero attached hydrogens (tertiary/aromatic N) is 2. The lowest BCUT2D eigenvalue weighted by Crippen LogP contribution is -2.16. The first-order valence-electron chi connectivity index (χ1n) is 8.88. The third-order valence-electron chi connectivity index (χ3n) is 4.65. The van der Waals surface area contributed by atoms with Gasteiger partial charge in [0.15, 0.2) is 0 Å². The molecular formula is C20H20ClN3O2S. The lowest BCUT2D eigenvalue weighted by atomic mass is 10.2. The van der Waals surface area contributed by atoms with E-state index in [1.54, 1.807) is 17.8 Å². The summed E-state index contributed by atoms with van der Waals surface area (Å²) in [6, 6.07) is 13.1. The Bertz CT molecular complexity index is 983. The van der Waals surface area contributed by atoms with Crippen LogP contribution in [0.3, 0.4) is 0 Å². The largest absolute Gasteiger partial charge is 0.377 e. The van der Waals surface area contributed by atoms with Gasteiger partial charge in [-0.15, -0.1) is 11.8 Å². The molecule has 7 heteroatoms. The first kappa shape index (κ1) is 18.3. The summed E-state index contributed by atoms with van der Waals surface area (Å²) in [5, 5.41) is 3.55. The zero-order chi connectivity index (χ0) is 18.8. The standard InChI is InChI=1S/C20H20ClN3O2S/c1-24-17-9-8-13(21)11-16(17)22-20(24)23-19(25)15-6-2-3-7-18(15)27-12-14-5-4-10-26-14/h2-3,6-9,11,14H,4-5,10,12H2,1H3,(H,22,23,25). The monoisotopic (exact) mass is 401 g/mol. The number of halogens is 1. The molecule has 0 radical (unpaired) electrons. The number of hydrogen-bond acceptors (Lipinski definition) is 4. The van der Waals surface area contributed by atoms with Gasteiger partial charge in [-0.05, 0) is 43.2 Å². The van der Waals surface area contributed by atoms with Crippen molar-refractivity contribution in [2.45, 2.75) is 23.8 Å². The molecule has 2 aromatic carbocycles. The van der Waals surface area contributed by atoms with Gasteiger partial charge in [0, 0.05) is 29.3 Å². The van der Waals surface area contributed by atoms with Gasteiger partial charge in [0.2, 0.25) is 5.95 Å². The van der Waals surface area contributed by atoms with Crippen molar-refractivity contribution in [1.82, 2.24) is 9.55 Å². The maximum Gasteiger partial charge on any atom is 0.259 e. The van der Waals surface area contributed by atoms with Crippen LogP contribution in [0.2, 0.25) is 5.02 Å². The van der Waals surface area contributed by atoms with Crippen LogP contribution in [-0.4, -0.2) is 33.9 Å². The number of ether oxygens (including phenoxy) is 1. The Labute approximate surface area is 167 Å². The van der Waals surface area contributed by atoms with E-state index in [0.29, 0.717) is 16.5 Å². The van der Waals surface area contributed by atoms with E-state index in [1.165, 1.54) is 0 Å². The van der Waals surface area contributed by atoms with Crippen LogP contribution in [0.1, 0.15) is 23.2 Å². The summed E-state index contributed by atoms with van der Waals surface area (Å²) in [5.41, 5.74) is 2.31. The number of imidazole rings is 1. The van der Waals surface area contributed by atoms with Gasteiger partial charge in [0.1, 0.15) is 0 Å². The lowest BCUT2D eigenvalue weighted by molar-refractivity contribution is 0.102. The zero-order valence-corrected chi connectivity index (χ0v) is 16.5. The fourth-order valence-corrected chi connectivity index (χ4v) is 4.48. The highest BCUT2D eigenvalue weighted by Crippen LogP contribution is 2.28. The number of rotatable bonds is 5. The summed E-state index contributed by atoms with van der Waals surface area (Å²) < 4.78 is 7.54. The van der Waals surface area contributed by atoms with Crippen LogP contribution in [0.5, 0.6) is 0 Å². The van der Waals surface area contributed by atoms with Crippen molar-refractivity contribution >= 4 is 46.3 Å². The number of amides is 1. The molecule has 0 bridgehead atoms. The average molecular weight is 402 g/mol. The average Bonchev–Trinajstić information content (AvgIpc) is 3.28. The minimum atomic E-state index is -0.171. The molecule has 1 N–H and O–H groups in total. The van der Waals surface area contributed by atoms with Crippen LogP contribution in [0.25, 0.3) is 11.0 Å². The number of benzene rings is 2. The number of aromatic nitrogens is 2. The Morgan fingerprint density at radius 1 is 1.37 bits per heavy atom. The van der Waals surface area contributed by atoms with Crippen LogP contribution >= 0.6 is 23.4 Å². The fourth-order valence-electron chi connectivity index (χ4n) is 3.19. The minimum absolute atomic E-state index is 0.171. The zero-order valence-electron chi connectivity index (χ0n) is 14.9. The first-order valence-corrected chi connectivity index (χ1v) is 10.2. The normalized spacial score (nSPS) is 16.7. The second-order valence-electron chi connectivity index (χ2n) is 6.52. The van der Waals surface area contributed by atoms with Crippen molar-refractivity contribution in [2.75, 3.05) is 17.7 Å². The Kier molecular flexibility index (Phi) is 5.38. The summed E-state index contributed by atoms with van der Waals surface area (Å²) in [4.78, 5) is 18.3. The molecule has 1 fully saturated rings. The van der Waals surface area contributed by atoms with Crippen molar-refractivity contribution in [3.05, 3.63) is 53.1 Å². The summed E-state index contributed by atoms with van der Waals surface area (Å²) >= 11 is 7.71. The van der Waals surface area contributed by atoms with Gasteiger partial charge < -0.3 is 9.30 Å². The molecule has 1 atom stereocenters. The van der Waals surface area contributed by atoms with Crippen molar-refractivity contribution in [3.8, 4) is 0 Å². The van der Waals surface area contributed by atoms with E-state index in [9.17, 15) is 4.79 Å². The van der Waals surface area contributed by atoms with Gasteiger partial charge in [-0.3, -0.25) is 10.1 Å². The number of carbonyl (C=O) groups excluding carboxylic acids is 1. The highest BCUT2D eigenvalue weighted by atomic mass is 35.5. The Hall–Kier alpha value is -2.02. The third kappa shape index (κ3) is 3.98. The highest BCUT2D eigenvalue weighted by Gasteiger charge is 2.19. The maximum absolute atomic E-state index is 12.9. The molecule has 2 heterocycles. The highest BCUT2D eigenvalue weighted by molar-refractivity contribution is 7.99. The number of thioether (sulfide) groups is 1. The molecule has 1 unspecified atom stereocenters. The van der Waals surface area contributed by atoms with E-state index in [4.69, 9.17) is 16.3 Å². The molecule has 4 rings (SSSR count). The van der Waals surface area contributed by atoms with E-state index >= 15 is 0 Å². The third-order valence-corrected chi connectivity index (χ3v) is 6.09. The summed E-state index contributed by atoms with van der Waals surface area (Å²) in [5.74, 6) is 1.18. The van der Waals surface area contributed by atoms with E-state index in [0.717, 1.165) is 41.1 Å². The maximum atomic E-state index is 12.9. The van der Waals surface area contributed by atoms with E-state index in [2.05, 4.69) is 10.3 Å². The van der Waals surface area contributed by atoms with Gasteiger partial charge in [-0.1, -0.05) is 23.7 Å². The van der Waals surface area contributed by atoms with Crippen LogP contribution < -0.4 is 5.32 Å². The van der Waals surface area contributed by atoms with Crippen LogP contribution in [0.15, 0.2) is 47.4 Å². The van der Waals surface area contributed by atoms with E-state index in [1.807, 2.05) is 48.0 Å². The molecule has 1 amide bonds. The molecule has 0 spiro atoms.